The lowest BCUT2D eigenvalue weighted by atomic mass is 10.4. The monoisotopic (exact) mass is 420 g/mol. The normalized spacial score (nSPS) is 10.5. The first-order valence-electron chi connectivity index (χ1n) is 6.57. The van der Waals surface area contributed by atoms with Crippen LogP contribution in [0.15, 0.2) is 98.4 Å². The molecule has 0 nitrogen and oxygen atoms in total. The Morgan fingerprint density at radius 1 is 0.524 bits per heavy atom. The molecular weight excluding hydrogens is 407 g/mol. The third-order valence-corrected chi connectivity index (χ3v) is 6.90. The maximum atomic E-state index is 2.45. The minimum atomic E-state index is 1.28. The lowest BCUT2D eigenvalue weighted by Gasteiger charge is -2.09. The predicted molar refractivity (Wildman–Crippen MR) is 100 cm³/mol. The summed E-state index contributed by atoms with van der Waals surface area (Å²) in [5.74, 6) is 0. The molecule has 0 aromatic heterocycles. The summed E-state index contributed by atoms with van der Waals surface area (Å²) < 4.78 is 1.32. The van der Waals surface area contributed by atoms with Gasteiger partial charge in [0.25, 0.3) is 0 Å². The summed E-state index contributed by atoms with van der Waals surface area (Å²) in [6, 6.07) is 27.5. The molecule has 3 rings (SSSR count). The molecule has 0 bridgehead atoms. The molecule has 0 unspecified atom stereocenters. The van der Waals surface area contributed by atoms with Crippen molar-refractivity contribution in [2.45, 2.75) is 19.6 Å². The molecule has 0 amide bonds. The standard InChI is InChI=1S/C18H13IS2/c19-18-16(20-14-8-3-1-4-9-14)12-7-13-17(18)21-15-10-5-2-6-11-15/h1-13H. The van der Waals surface area contributed by atoms with Crippen molar-refractivity contribution in [3.63, 3.8) is 0 Å². The van der Waals surface area contributed by atoms with Gasteiger partial charge in [-0.05, 0) is 59.0 Å². The van der Waals surface area contributed by atoms with E-state index < -0.39 is 0 Å². The Balaban J connectivity index is 1.85. The Hall–Kier alpha value is -0.910. The maximum absolute atomic E-state index is 2.45. The molecule has 0 N–H and O–H groups in total. The number of rotatable bonds is 4. The lowest BCUT2D eigenvalue weighted by molar-refractivity contribution is 1.25. The summed E-state index contributed by atoms with van der Waals surface area (Å²) in [5.41, 5.74) is 0. The summed E-state index contributed by atoms with van der Waals surface area (Å²) in [6.45, 7) is 0. The van der Waals surface area contributed by atoms with Crippen molar-refractivity contribution in [2.75, 3.05) is 0 Å². The molecule has 0 fully saturated rings. The first-order valence-corrected chi connectivity index (χ1v) is 9.28. The smallest absolute Gasteiger partial charge is 0.0409 e. The van der Waals surface area contributed by atoms with Gasteiger partial charge in [0, 0.05) is 23.2 Å². The van der Waals surface area contributed by atoms with Crippen LogP contribution in [-0.2, 0) is 0 Å². The van der Waals surface area contributed by atoms with Crippen molar-refractivity contribution in [2.24, 2.45) is 0 Å². The highest BCUT2D eigenvalue weighted by Gasteiger charge is 2.08. The first kappa shape index (κ1) is 15.0. The molecule has 3 heteroatoms. The van der Waals surface area contributed by atoms with Crippen LogP contribution in [-0.4, -0.2) is 0 Å². The van der Waals surface area contributed by atoms with Gasteiger partial charge in [-0.3, -0.25) is 0 Å². The van der Waals surface area contributed by atoms with E-state index in [1.165, 1.54) is 23.2 Å². The van der Waals surface area contributed by atoms with Crippen LogP contribution in [0.3, 0.4) is 0 Å². The molecule has 0 aliphatic rings. The fourth-order valence-corrected chi connectivity index (χ4v) is 4.75. The molecule has 3 aromatic carbocycles. The van der Waals surface area contributed by atoms with Crippen molar-refractivity contribution >= 4 is 46.1 Å². The molecule has 104 valence electrons. The summed E-state index contributed by atoms with van der Waals surface area (Å²) >= 11 is 6.09. The zero-order valence-electron chi connectivity index (χ0n) is 11.2. The Kier molecular flexibility index (Phi) is 5.27. The minimum absolute atomic E-state index is 1.28. The van der Waals surface area contributed by atoms with E-state index in [4.69, 9.17) is 0 Å². The number of hydrogen-bond acceptors (Lipinski definition) is 2. The highest BCUT2D eigenvalue weighted by atomic mass is 127. The van der Waals surface area contributed by atoms with Crippen LogP contribution < -0.4 is 0 Å². The van der Waals surface area contributed by atoms with Crippen molar-refractivity contribution in [3.8, 4) is 0 Å². The third-order valence-electron chi connectivity index (χ3n) is 2.87. The van der Waals surface area contributed by atoms with E-state index in [1.807, 2.05) is 23.5 Å². The molecule has 0 saturated heterocycles. The van der Waals surface area contributed by atoms with Gasteiger partial charge in [-0.25, -0.2) is 0 Å². The fourth-order valence-electron chi connectivity index (χ4n) is 1.88. The van der Waals surface area contributed by atoms with Crippen molar-refractivity contribution in [1.82, 2.24) is 0 Å². The van der Waals surface area contributed by atoms with Gasteiger partial charge in [0.15, 0.2) is 0 Å². The van der Waals surface area contributed by atoms with E-state index in [9.17, 15) is 0 Å². The van der Waals surface area contributed by atoms with Crippen molar-refractivity contribution < 1.29 is 0 Å². The van der Waals surface area contributed by atoms with Crippen LogP contribution in [0.4, 0.5) is 0 Å². The second-order valence-corrected chi connectivity index (χ2v) is 7.71. The topological polar surface area (TPSA) is 0 Å². The van der Waals surface area contributed by atoms with Gasteiger partial charge in [-0.2, -0.15) is 0 Å². The summed E-state index contributed by atoms with van der Waals surface area (Å²) in [6.07, 6.45) is 0. The van der Waals surface area contributed by atoms with Crippen LogP contribution in [0.5, 0.6) is 0 Å². The molecule has 21 heavy (non-hydrogen) atoms. The predicted octanol–water partition coefficient (Wildman–Crippen LogP) is 6.59. The van der Waals surface area contributed by atoms with Crippen molar-refractivity contribution in [1.29, 1.82) is 0 Å². The fraction of sp³-hybridized carbons (Fsp3) is 0. The van der Waals surface area contributed by atoms with Gasteiger partial charge >= 0.3 is 0 Å². The third kappa shape index (κ3) is 4.05. The van der Waals surface area contributed by atoms with Gasteiger partial charge in [-0.1, -0.05) is 66.0 Å². The van der Waals surface area contributed by atoms with Gasteiger partial charge in [0.05, 0.1) is 0 Å². The molecule has 0 aliphatic carbocycles. The molecule has 0 radical (unpaired) electrons. The Labute approximate surface area is 147 Å². The maximum Gasteiger partial charge on any atom is 0.0409 e. The average molecular weight is 420 g/mol. The summed E-state index contributed by atoms with van der Waals surface area (Å²) in [7, 11) is 0. The molecule has 0 heterocycles. The number of hydrogen-bond donors (Lipinski definition) is 0. The number of benzene rings is 3. The van der Waals surface area contributed by atoms with E-state index in [2.05, 4.69) is 101 Å². The first-order chi connectivity index (χ1) is 10.3. The van der Waals surface area contributed by atoms with Crippen LogP contribution in [0, 0.1) is 3.57 Å². The molecule has 3 aromatic rings. The van der Waals surface area contributed by atoms with E-state index in [0.29, 0.717) is 0 Å². The highest BCUT2D eigenvalue weighted by molar-refractivity contribution is 14.1. The zero-order chi connectivity index (χ0) is 14.5. The molecule has 0 saturated carbocycles. The molecule has 0 spiro atoms. The van der Waals surface area contributed by atoms with E-state index in [-0.39, 0.29) is 0 Å². The Morgan fingerprint density at radius 2 is 0.952 bits per heavy atom. The van der Waals surface area contributed by atoms with Crippen LogP contribution >= 0.6 is 46.1 Å². The lowest BCUT2D eigenvalue weighted by Crippen LogP contribution is -1.84. The van der Waals surface area contributed by atoms with Gasteiger partial charge < -0.3 is 0 Å². The second kappa shape index (κ2) is 7.38. The second-order valence-electron chi connectivity index (χ2n) is 4.40. The largest absolute Gasteiger partial charge is 0.0889 e. The average Bonchev–Trinajstić information content (AvgIpc) is 2.53. The quantitative estimate of drug-likeness (QED) is 0.437. The van der Waals surface area contributed by atoms with Gasteiger partial charge in [0.1, 0.15) is 0 Å². The van der Waals surface area contributed by atoms with Gasteiger partial charge in [0.2, 0.25) is 0 Å². The Bertz CT molecular complexity index is 652. The van der Waals surface area contributed by atoms with Crippen LogP contribution in [0.25, 0.3) is 0 Å². The van der Waals surface area contributed by atoms with E-state index in [0.717, 1.165) is 0 Å². The molecular formula is C18H13IS2. The SMILES string of the molecule is Ic1c(Sc2ccccc2)cccc1Sc1ccccc1. The van der Waals surface area contributed by atoms with E-state index >= 15 is 0 Å². The molecule has 0 aliphatic heterocycles. The zero-order valence-corrected chi connectivity index (χ0v) is 15.0. The summed E-state index contributed by atoms with van der Waals surface area (Å²) in [4.78, 5) is 5.17. The van der Waals surface area contributed by atoms with Crippen molar-refractivity contribution in [3.05, 3.63) is 82.4 Å². The molecule has 0 atom stereocenters. The highest BCUT2D eigenvalue weighted by Crippen LogP contribution is 2.38. The van der Waals surface area contributed by atoms with E-state index in [1.54, 1.807) is 0 Å². The van der Waals surface area contributed by atoms with Crippen LogP contribution in [0.1, 0.15) is 0 Å². The number of halogens is 1. The van der Waals surface area contributed by atoms with Crippen LogP contribution in [0.2, 0.25) is 0 Å². The summed E-state index contributed by atoms with van der Waals surface area (Å²) in [5, 5.41) is 0. The van der Waals surface area contributed by atoms with Gasteiger partial charge in [-0.15, -0.1) is 0 Å². The minimum Gasteiger partial charge on any atom is -0.0889 e. The Morgan fingerprint density at radius 3 is 1.38 bits per heavy atom.